The van der Waals surface area contributed by atoms with Crippen molar-refractivity contribution in [2.75, 3.05) is 26.8 Å². The van der Waals surface area contributed by atoms with Gasteiger partial charge in [0.25, 0.3) is 0 Å². The van der Waals surface area contributed by atoms with Crippen LogP contribution in [0.25, 0.3) is 0 Å². The Morgan fingerprint density at radius 3 is 2.45 bits per heavy atom. The normalized spacial score (nSPS) is 23.5. The summed E-state index contributed by atoms with van der Waals surface area (Å²) in [5.41, 5.74) is 0. The average Bonchev–Trinajstić information content (AvgIpc) is 2.07. The Labute approximate surface area is 68.1 Å². The minimum absolute atomic E-state index is 0.292. The lowest BCUT2D eigenvalue weighted by Crippen LogP contribution is -2.45. The first kappa shape index (κ1) is 8.97. The molecule has 1 heterocycles. The van der Waals surface area contributed by atoms with Crippen molar-refractivity contribution in [3.63, 3.8) is 0 Å². The van der Waals surface area contributed by atoms with Crippen LogP contribution in [-0.4, -0.2) is 32.6 Å². The molecule has 3 heteroatoms. The third-order valence-electron chi connectivity index (χ3n) is 2.14. The van der Waals surface area contributed by atoms with Gasteiger partial charge >= 0.3 is 0 Å². The maximum Gasteiger partial charge on any atom is 0.170 e. The highest BCUT2D eigenvalue weighted by Crippen LogP contribution is 2.23. The van der Waals surface area contributed by atoms with E-state index in [9.17, 15) is 0 Å². The van der Waals surface area contributed by atoms with Crippen LogP contribution >= 0.6 is 0 Å². The number of ether oxygens (including phenoxy) is 2. The van der Waals surface area contributed by atoms with Crippen molar-refractivity contribution in [3.05, 3.63) is 0 Å². The first-order chi connectivity index (χ1) is 5.33. The Morgan fingerprint density at radius 2 is 2.00 bits per heavy atom. The maximum atomic E-state index is 5.56. The summed E-state index contributed by atoms with van der Waals surface area (Å²) < 4.78 is 10.9. The Hall–Kier alpha value is -0.120. The van der Waals surface area contributed by atoms with Gasteiger partial charge in [-0.3, -0.25) is 0 Å². The van der Waals surface area contributed by atoms with Crippen LogP contribution in [0, 0.1) is 0 Å². The molecule has 0 saturated carbocycles. The fourth-order valence-electron chi connectivity index (χ4n) is 1.48. The zero-order chi connectivity index (χ0) is 8.16. The van der Waals surface area contributed by atoms with Crippen LogP contribution in [0.2, 0.25) is 0 Å². The zero-order valence-corrected chi connectivity index (χ0v) is 7.35. The third-order valence-corrected chi connectivity index (χ3v) is 2.14. The number of rotatable bonds is 3. The van der Waals surface area contributed by atoms with Gasteiger partial charge in [0.1, 0.15) is 0 Å². The number of hydrogen-bond donors (Lipinski definition) is 1. The van der Waals surface area contributed by atoms with E-state index in [0.717, 1.165) is 32.5 Å². The van der Waals surface area contributed by atoms with Crippen molar-refractivity contribution in [1.82, 2.24) is 5.32 Å². The smallest absolute Gasteiger partial charge is 0.170 e. The van der Waals surface area contributed by atoms with Gasteiger partial charge in [0.2, 0.25) is 0 Å². The molecule has 0 atom stereocenters. The van der Waals surface area contributed by atoms with E-state index in [1.165, 1.54) is 0 Å². The number of piperidine rings is 1. The van der Waals surface area contributed by atoms with Crippen molar-refractivity contribution in [3.8, 4) is 0 Å². The van der Waals surface area contributed by atoms with E-state index >= 15 is 0 Å². The minimum Gasteiger partial charge on any atom is -0.353 e. The summed E-state index contributed by atoms with van der Waals surface area (Å²) in [5, 5.41) is 3.27. The predicted molar refractivity (Wildman–Crippen MR) is 43.5 cm³/mol. The second kappa shape index (κ2) is 4.04. The molecule has 0 unspecified atom stereocenters. The highest BCUT2D eigenvalue weighted by molar-refractivity contribution is 4.76. The Balaban J connectivity index is 2.42. The lowest BCUT2D eigenvalue weighted by molar-refractivity contribution is -0.232. The summed E-state index contributed by atoms with van der Waals surface area (Å²) in [6, 6.07) is 0. The second-order valence-electron chi connectivity index (χ2n) is 2.80. The van der Waals surface area contributed by atoms with Crippen molar-refractivity contribution < 1.29 is 9.47 Å². The lowest BCUT2D eigenvalue weighted by atomic mass is 10.1. The van der Waals surface area contributed by atoms with Gasteiger partial charge in [-0.25, -0.2) is 0 Å². The van der Waals surface area contributed by atoms with Gasteiger partial charge in [0.05, 0.1) is 0 Å². The van der Waals surface area contributed by atoms with Crippen molar-refractivity contribution in [1.29, 1.82) is 0 Å². The van der Waals surface area contributed by atoms with Crippen molar-refractivity contribution in [2.24, 2.45) is 0 Å². The number of methoxy groups -OCH3 is 1. The van der Waals surface area contributed by atoms with E-state index in [4.69, 9.17) is 9.47 Å². The zero-order valence-electron chi connectivity index (χ0n) is 7.35. The van der Waals surface area contributed by atoms with Gasteiger partial charge in [-0.05, 0) is 6.92 Å². The van der Waals surface area contributed by atoms with E-state index in [2.05, 4.69) is 5.32 Å². The molecule has 66 valence electrons. The first-order valence-corrected chi connectivity index (χ1v) is 4.23. The Bertz CT molecular complexity index is 105. The standard InChI is InChI=1S/C8H17NO2/c1-3-11-8(10-2)4-6-9-7-5-8/h9H,3-7H2,1-2H3. The summed E-state index contributed by atoms with van der Waals surface area (Å²) in [6.45, 7) is 4.72. The molecule has 11 heavy (non-hydrogen) atoms. The maximum absolute atomic E-state index is 5.56. The molecular weight excluding hydrogens is 142 g/mol. The summed E-state index contributed by atoms with van der Waals surface area (Å²) in [5.74, 6) is -0.292. The van der Waals surface area contributed by atoms with Gasteiger partial charge in [-0.15, -0.1) is 0 Å². The minimum atomic E-state index is -0.292. The summed E-state index contributed by atoms with van der Waals surface area (Å²) in [4.78, 5) is 0. The molecule has 0 amide bonds. The average molecular weight is 159 g/mol. The van der Waals surface area contributed by atoms with Crippen molar-refractivity contribution >= 4 is 0 Å². The number of nitrogens with one attached hydrogen (secondary N) is 1. The first-order valence-electron chi connectivity index (χ1n) is 4.23. The molecule has 1 aliphatic heterocycles. The largest absolute Gasteiger partial charge is 0.353 e. The molecule has 0 aliphatic carbocycles. The molecule has 0 radical (unpaired) electrons. The quantitative estimate of drug-likeness (QED) is 0.616. The SMILES string of the molecule is CCOC1(OC)CCNCC1. The van der Waals surface area contributed by atoms with Gasteiger partial charge in [0, 0.05) is 39.6 Å². The van der Waals surface area contributed by atoms with Gasteiger partial charge in [-0.1, -0.05) is 0 Å². The van der Waals surface area contributed by atoms with Crippen LogP contribution < -0.4 is 5.32 Å². The topological polar surface area (TPSA) is 30.5 Å². The molecule has 1 rings (SSSR count). The molecule has 1 fully saturated rings. The van der Waals surface area contributed by atoms with Crippen LogP contribution in [0.5, 0.6) is 0 Å². The fourth-order valence-corrected chi connectivity index (χ4v) is 1.48. The predicted octanol–water partition coefficient (Wildman–Crippen LogP) is 0.749. The van der Waals surface area contributed by atoms with E-state index in [1.54, 1.807) is 7.11 Å². The number of hydrogen-bond acceptors (Lipinski definition) is 3. The molecule has 1 aliphatic rings. The molecule has 3 nitrogen and oxygen atoms in total. The highest BCUT2D eigenvalue weighted by atomic mass is 16.7. The molecule has 1 N–H and O–H groups in total. The van der Waals surface area contributed by atoms with Crippen LogP contribution in [0.15, 0.2) is 0 Å². The summed E-state index contributed by atoms with van der Waals surface area (Å²) >= 11 is 0. The molecule has 0 aromatic heterocycles. The molecule has 1 saturated heterocycles. The molecule has 0 spiro atoms. The van der Waals surface area contributed by atoms with Crippen molar-refractivity contribution in [2.45, 2.75) is 25.6 Å². The fraction of sp³-hybridized carbons (Fsp3) is 1.00. The molecule has 0 bridgehead atoms. The summed E-state index contributed by atoms with van der Waals surface area (Å²) in [6.07, 6.45) is 1.91. The third kappa shape index (κ3) is 2.15. The van der Waals surface area contributed by atoms with Crippen LogP contribution in [0.3, 0.4) is 0 Å². The highest BCUT2D eigenvalue weighted by Gasteiger charge is 2.31. The molecular formula is C8H17NO2. The monoisotopic (exact) mass is 159 g/mol. The second-order valence-corrected chi connectivity index (χ2v) is 2.80. The lowest BCUT2D eigenvalue weighted by Gasteiger charge is -2.35. The van der Waals surface area contributed by atoms with Gasteiger partial charge < -0.3 is 14.8 Å². The van der Waals surface area contributed by atoms with Gasteiger partial charge in [0.15, 0.2) is 5.79 Å². The van der Waals surface area contributed by atoms with Crippen LogP contribution in [0.1, 0.15) is 19.8 Å². The van der Waals surface area contributed by atoms with E-state index in [-0.39, 0.29) is 5.79 Å². The van der Waals surface area contributed by atoms with E-state index in [1.807, 2.05) is 6.92 Å². The Morgan fingerprint density at radius 1 is 1.36 bits per heavy atom. The van der Waals surface area contributed by atoms with E-state index < -0.39 is 0 Å². The molecule has 0 aromatic carbocycles. The molecule has 0 aromatic rings. The van der Waals surface area contributed by atoms with E-state index in [0.29, 0.717) is 0 Å². The summed E-state index contributed by atoms with van der Waals surface area (Å²) in [7, 11) is 1.72. The van der Waals surface area contributed by atoms with Crippen LogP contribution in [-0.2, 0) is 9.47 Å². The van der Waals surface area contributed by atoms with Gasteiger partial charge in [-0.2, -0.15) is 0 Å². The Kier molecular flexibility index (Phi) is 3.30. The van der Waals surface area contributed by atoms with Crippen LogP contribution in [0.4, 0.5) is 0 Å².